The van der Waals surface area contributed by atoms with Gasteiger partial charge in [0.15, 0.2) is 0 Å². The third-order valence-corrected chi connectivity index (χ3v) is 4.39. The Morgan fingerprint density at radius 1 is 1.41 bits per heavy atom. The number of pyridine rings is 1. The molecule has 2 saturated carbocycles. The van der Waals surface area contributed by atoms with Crippen LogP contribution in [0.3, 0.4) is 0 Å². The number of anilines is 1. The molecule has 90 valence electrons. The van der Waals surface area contributed by atoms with E-state index in [0.29, 0.717) is 11.0 Å². The smallest absolute Gasteiger partial charge is 0.106 e. The summed E-state index contributed by atoms with van der Waals surface area (Å²) in [5.74, 6) is 1.77. The monoisotopic (exact) mass is 247 g/mol. The van der Waals surface area contributed by atoms with Gasteiger partial charge in [-0.2, -0.15) is 0 Å². The second-order valence-corrected chi connectivity index (χ2v) is 5.65. The van der Waals surface area contributed by atoms with Gasteiger partial charge in [0.1, 0.15) is 4.99 Å². The maximum atomic E-state index is 5.73. The molecular weight excluding hydrogens is 230 g/mol. The molecule has 2 bridgehead atoms. The summed E-state index contributed by atoms with van der Waals surface area (Å²) in [5, 5.41) is 3.59. The van der Waals surface area contributed by atoms with Crippen LogP contribution in [-0.2, 0) is 0 Å². The number of fused-ring (bicyclic) bond motifs is 2. The minimum atomic E-state index is 0.443. The standard InChI is InChI=1S/C13H17N3S/c14-13(17)10-3-4-15-7-12(10)16-11-6-8-1-2-9(11)5-8/h3-4,7-9,11,16H,1-2,5-6H2,(H2,14,17). The molecule has 0 aromatic carbocycles. The molecule has 1 aromatic rings. The Labute approximate surface area is 107 Å². The van der Waals surface area contributed by atoms with Crippen LogP contribution < -0.4 is 11.1 Å². The topological polar surface area (TPSA) is 50.9 Å². The lowest BCUT2D eigenvalue weighted by molar-refractivity contribution is 0.439. The van der Waals surface area contributed by atoms with Crippen molar-refractivity contribution in [3.05, 3.63) is 24.0 Å². The molecule has 0 amide bonds. The Morgan fingerprint density at radius 3 is 2.94 bits per heavy atom. The molecule has 3 nitrogen and oxygen atoms in total. The molecule has 0 spiro atoms. The number of nitrogens with one attached hydrogen (secondary N) is 1. The number of aromatic nitrogens is 1. The maximum absolute atomic E-state index is 5.73. The fourth-order valence-corrected chi connectivity index (χ4v) is 3.52. The minimum Gasteiger partial charge on any atom is -0.389 e. The van der Waals surface area contributed by atoms with Gasteiger partial charge in [0, 0.05) is 17.8 Å². The van der Waals surface area contributed by atoms with Gasteiger partial charge >= 0.3 is 0 Å². The van der Waals surface area contributed by atoms with Gasteiger partial charge in [-0.15, -0.1) is 0 Å². The van der Waals surface area contributed by atoms with Crippen molar-refractivity contribution in [3.63, 3.8) is 0 Å². The Morgan fingerprint density at radius 2 is 2.29 bits per heavy atom. The zero-order chi connectivity index (χ0) is 11.8. The van der Waals surface area contributed by atoms with Gasteiger partial charge in [-0.25, -0.2) is 0 Å². The van der Waals surface area contributed by atoms with Crippen molar-refractivity contribution in [2.45, 2.75) is 31.7 Å². The Kier molecular flexibility index (Phi) is 2.74. The number of nitrogens with zero attached hydrogens (tertiary/aromatic N) is 1. The van der Waals surface area contributed by atoms with Crippen LogP contribution in [0.5, 0.6) is 0 Å². The molecule has 0 aliphatic heterocycles. The van der Waals surface area contributed by atoms with Crippen molar-refractivity contribution in [1.82, 2.24) is 4.98 Å². The van der Waals surface area contributed by atoms with E-state index in [9.17, 15) is 0 Å². The molecule has 1 heterocycles. The summed E-state index contributed by atoms with van der Waals surface area (Å²) >= 11 is 5.07. The molecule has 2 aliphatic carbocycles. The molecule has 2 aliphatic rings. The van der Waals surface area contributed by atoms with Crippen LogP contribution in [0.25, 0.3) is 0 Å². The summed E-state index contributed by atoms with van der Waals surface area (Å²) < 4.78 is 0. The van der Waals surface area contributed by atoms with Crippen LogP contribution in [0, 0.1) is 11.8 Å². The molecule has 3 N–H and O–H groups in total. The lowest BCUT2D eigenvalue weighted by Crippen LogP contribution is -2.27. The predicted octanol–water partition coefficient (Wildman–Crippen LogP) is 2.32. The van der Waals surface area contributed by atoms with Crippen LogP contribution in [0.2, 0.25) is 0 Å². The molecule has 2 fully saturated rings. The average molecular weight is 247 g/mol. The fourth-order valence-electron chi connectivity index (χ4n) is 3.35. The molecular formula is C13H17N3S. The molecule has 4 heteroatoms. The van der Waals surface area contributed by atoms with Crippen LogP contribution in [0.4, 0.5) is 5.69 Å². The van der Waals surface area contributed by atoms with Crippen molar-refractivity contribution in [2.75, 3.05) is 5.32 Å². The highest BCUT2D eigenvalue weighted by molar-refractivity contribution is 7.80. The summed E-state index contributed by atoms with van der Waals surface area (Å²) in [7, 11) is 0. The van der Waals surface area contributed by atoms with Crippen molar-refractivity contribution >= 4 is 22.9 Å². The van der Waals surface area contributed by atoms with E-state index in [-0.39, 0.29) is 0 Å². The number of nitrogens with two attached hydrogens (primary N) is 1. The summed E-state index contributed by atoms with van der Waals surface area (Å²) in [6, 6.07) is 2.48. The van der Waals surface area contributed by atoms with E-state index in [1.165, 1.54) is 25.7 Å². The summed E-state index contributed by atoms with van der Waals surface area (Å²) in [6.07, 6.45) is 9.03. The van der Waals surface area contributed by atoms with Gasteiger partial charge in [0.25, 0.3) is 0 Å². The third kappa shape index (κ3) is 2.02. The summed E-state index contributed by atoms with van der Waals surface area (Å²) in [6.45, 7) is 0. The van der Waals surface area contributed by atoms with Crippen LogP contribution in [0.15, 0.2) is 18.5 Å². The van der Waals surface area contributed by atoms with E-state index < -0.39 is 0 Å². The van der Waals surface area contributed by atoms with Crippen molar-refractivity contribution in [2.24, 2.45) is 17.6 Å². The second-order valence-electron chi connectivity index (χ2n) is 5.21. The first-order valence-electron chi connectivity index (χ1n) is 6.24. The zero-order valence-corrected chi connectivity index (χ0v) is 10.5. The molecule has 3 rings (SSSR count). The molecule has 3 unspecified atom stereocenters. The number of hydrogen-bond donors (Lipinski definition) is 2. The fraction of sp³-hybridized carbons (Fsp3) is 0.538. The SMILES string of the molecule is NC(=S)c1ccncc1NC1CC2CCC1C2. The van der Waals surface area contributed by atoms with E-state index in [2.05, 4.69) is 10.3 Å². The molecule has 0 saturated heterocycles. The quantitative estimate of drug-likeness (QED) is 0.805. The lowest BCUT2D eigenvalue weighted by Gasteiger charge is -2.24. The Balaban J connectivity index is 1.79. The number of thiocarbonyl (C=S) groups is 1. The Bertz CT molecular complexity index is 446. The number of rotatable bonds is 3. The summed E-state index contributed by atoms with van der Waals surface area (Å²) in [4.78, 5) is 4.60. The first-order valence-corrected chi connectivity index (χ1v) is 6.65. The van der Waals surface area contributed by atoms with Gasteiger partial charge in [-0.05, 0) is 37.2 Å². The zero-order valence-electron chi connectivity index (χ0n) is 9.73. The second kappa shape index (κ2) is 4.26. The Hall–Kier alpha value is -1.16. The first-order chi connectivity index (χ1) is 8.24. The van der Waals surface area contributed by atoms with Gasteiger partial charge in [-0.1, -0.05) is 18.6 Å². The average Bonchev–Trinajstić information content (AvgIpc) is 2.91. The van der Waals surface area contributed by atoms with Gasteiger partial charge < -0.3 is 11.1 Å². The first kappa shape index (κ1) is 11.0. The molecule has 0 radical (unpaired) electrons. The maximum Gasteiger partial charge on any atom is 0.106 e. The molecule has 1 aromatic heterocycles. The lowest BCUT2D eigenvalue weighted by atomic mass is 9.95. The van der Waals surface area contributed by atoms with Crippen LogP contribution in [0.1, 0.15) is 31.2 Å². The van der Waals surface area contributed by atoms with E-state index in [0.717, 1.165) is 23.1 Å². The van der Waals surface area contributed by atoms with Crippen molar-refractivity contribution in [3.8, 4) is 0 Å². The minimum absolute atomic E-state index is 0.443. The third-order valence-electron chi connectivity index (χ3n) is 4.17. The molecule has 17 heavy (non-hydrogen) atoms. The van der Waals surface area contributed by atoms with E-state index in [4.69, 9.17) is 18.0 Å². The predicted molar refractivity (Wildman–Crippen MR) is 73.0 cm³/mol. The number of hydrogen-bond acceptors (Lipinski definition) is 3. The van der Waals surface area contributed by atoms with Gasteiger partial charge in [0.05, 0.1) is 11.9 Å². The highest BCUT2D eigenvalue weighted by Crippen LogP contribution is 2.45. The molecule has 3 atom stereocenters. The van der Waals surface area contributed by atoms with Gasteiger partial charge in [0.2, 0.25) is 0 Å². The van der Waals surface area contributed by atoms with E-state index >= 15 is 0 Å². The summed E-state index contributed by atoms with van der Waals surface area (Å²) in [5.41, 5.74) is 7.64. The van der Waals surface area contributed by atoms with Crippen molar-refractivity contribution in [1.29, 1.82) is 0 Å². The van der Waals surface area contributed by atoms with Crippen molar-refractivity contribution < 1.29 is 0 Å². The van der Waals surface area contributed by atoms with Crippen LogP contribution in [-0.4, -0.2) is 16.0 Å². The largest absolute Gasteiger partial charge is 0.389 e. The van der Waals surface area contributed by atoms with Gasteiger partial charge in [-0.3, -0.25) is 4.98 Å². The highest BCUT2D eigenvalue weighted by Gasteiger charge is 2.39. The highest BCUT2D eigenvalue weighted by atomic mass is 32.1. The van der Waals surface area contributed by atoms with E-state index in [1.54, 1.807) is 6.20 Å². The van der Waals surface area contributed by atoms with E-state index in [1.807, 2.05) is 12.3 Å². The normalized spacial score (nSPS) is 30.5. The van der Waals surface area contributed by atoms with Crippen LogP contribution >= 0.6 is 12.2 Å².